The summed E-state index contributed by atoms with van der Waals surface area (Å²) in [5.74, 6) is -0.771. The van der Waals surface area contributed by atoms with Crippen LogP contribution in [0.5, 0.6) is 5.88 Å². The number of hydrogen-bond donors (Lipinski definition) is 0. The Morgan fingerprint density at radius 1 is 1.53 bits per heavy atom. The van der Waals surface area contributed by atoms with Gasteiger partial charge in [0.15, 0.2) is 5.76 Å². The smallest absolute Gasteiger partial charge is 0.448 e. The summed E-state index contributed by atoms with van der Waals surface area (Å²) in [5, 5.41) is 3.06. The number of amides is 1. The first-order valence-corrected chi connectivity index (χ1v) is 5.11. The minimum absolute atomic E-state index is 0.0129. The quantitative estimate of drug-likeness (QED) is 0.772. The number of halogens is 4. The third-order valence-corrected chi connectivity index (χ3v) is 2.22. The van der Waals surface area contributed by atoms with Crippen molar-refractivity contribution in [3.63, 3.8) is 0 Å². The van der Waals surface area contributed by atoms with E-state index in [0.717, 1.165) is 6.07 Å². The maximum atomic E-state index is 12.6. The molecular weight excluding hydrogens is 276 g/mol. The van der Waals surface area contributed by atoms with E-state index in [1.807, 2.05) is 0 Å². The molecule has 1 fully saturated rings. The van der Waals surface area contributed by atoms with Crippen LogP contribution in [0.15, 0.2) is 10.6 Å². The lowest BCUT2D eigenvalue weighted by Crippen LogP contribution is -2.33. The molecule has 19 heavy (non-hydrogen) atoms. The van der Waals surface area contributed by atoms with Crippen molar-refractivity contribution < 1.29 is 36.4 Å². The third-order valence-electron chi connectivity index (χ3n) is 2.22. The summed E-state index contributed by atoms with van der Waals surface area (Å²) in [6.07, 6.45) is -9.22. The molecule has 1 aliphatic heterocycles. The summed E-state index contributed by atoms with van der Waals surface area (Å²) in [4.78, 5) is 12.3. The van der Waals surface area contributed by atoms with Crippen LogP contribution in [0.1, 0.15) is 5.76 Å². The van der Waals surface area contributed by atoms with E-state index in [2.05, 4.69) is 19.2 Å². The molecule has 0 radical (unpaired) electrons. The van der Waals surface area contributed by atoms with E-state index in [1.165, 1.54) is 4.90 Å². The Balaban J connectivity index is 1.97. The molecule has 1 aromatic heterocycles. The zero-order valence-corrected chi connectivity index (χ0v) is 9.32. The molecule has 0 saturated carbocycles. The molecule has 106 valence electrons. The lowest BCUT2D eigenvalue weighted by Gasteiger charge is -2.13. The summed E-state index contributed by atoms with van der Waals surface area (Å²) < 4.78 is 61.8. The molecule has 0 aromatic carbocycles. The second-order valence-electron chi connectivity index (χ2n) is 3.63. The number of cyclic esters (lactones) is 1. The van der Waals surface area contributed by atoms with Crippen LogP contribution in [0.2, 0.25) is 0 Å². The molecule has 0 aliphatic carbocycles. The van der Waals surface area contributed by atoms with Crippen LogP contribution in [-0.2, 0) is 11.3 Å². The summed E-state index contributed by atoms with van der Waals surface area (Å²) in [5.41, 5.74) is 0. The van der Waals surface area contributed by atoms with Gasteiger partial charge in [-0.15, -0.1) is 0 Å². The van der Waals surface area contributed by atoms with Gasteiger partial charge in [0, 0.05) is 6.07 Å². The highest BCUT2D eigenvalue weighted by Crippen LogP contribution is 2.27. The highest BCUT2D eigenvalue weighted by molar-refractivity contribution is 5.69. The summed E-state index contributed by atoms with van der Waals surface area (Å²) >= 11 is 0. The van der Waals surface area contributed by atoms with Gasteiger partial charge in [0.1, 0.15) is 6.61 Å². The predicted octanol–water partition coefficient (Wildman–Crippen LogP) is 1.86. The standard InChI is InChI=1S/C9H8F4N2O4/c10-7(11)9(12,13)18-6-3-5(19-14-6)4-15-1-2-17-8(15)16/h3,7H,1-2,4H2. The number of rotatable bonds is 5. The maximum Gasteiger partial charge on any atom is 0.462 e. The lowest BCUT2D eigenvalue weighted by molar-refractivity contribution is -0.255. The predicted molar refractivity (Wildman–Crippen MR) is 49.8 cm³/mol. The molecule has 2 heterocycles. The monoisotopic (exact) mass is 284 g/mol. The van der Waals surface area contributed by atoms with Gasteiger partial charge in [-0.2, -0.15) is 17.6 Å². The van der Waals surface area contributed by atoms with Gasteiger partial charge in [-0.1, -0.05) is 0 Å². The Kier molecular flexibility index (Phi) is 3.49. The van der Waals surface area contributed by atoms with Crippen LogP contribution in [0, 0.1) is 0 Å². The normalized spacial score (nSPS) is 16.1. The molecule has 10 heteroatoms. The minimum Gasteiger partial charge on any atom is -0.448 e. The van der Waals surface area contributed by atoms with Crippen LogP contribution in [0.4, 0.5) is 22.4 Å². The van der Waals surface area contributed by atoms with E-state index in [1.54, 1.807) is 0 Å². The highest BCUT2D eigenvalue weighted by Gasteiger charge is 2.44. The first-order valence-electron chi connectivity index (χ1n) is 5.11. The molecule has 0 bridgehead atoms. The van der Waals surface area contributed by atoms with Crippen molar-refractivity contribution in [2.45, 2.75) is 19.1 Å². The zero-order chi connectivity index (χ0) is 14.0. The Hall–Kier alpha value is -2.00. The second-order valence-corrected chi connectivity index (χ2v) is 3.63. The number of ether oxygens (including phenoxy) is 2. The first kappa shape index (κ1) is 13.4. The molecule has 1 aliphatic rings. The van der Waals surface area contributed by atoms with Crippen molar-refractivity contribution in [2.24, 2.45) is 0 Å². The fourth-order valence-electron chi connectivity index (χ4n) is 1.36. The molecule has 0 spiro atoms. The van der Waals surface area contributed by atoms with E-state index in [9.17, 15) is 22.4 Å². The number of alkyl halides is 4. The number of nitrogens with zero attached hydrogens (tertiary/aromatic N) is 2. The van der Waals surface area contributed by atoms with Gasteiger partial charge in [0.05, 0.1) is 13.1 Å². The summed E-state index contributed by atoms with van der Waals surface area (Å²) in [6, 6.07) is 0.905. The van der Waals surface area contributed by atoms with Gasteiger partial charge in [-0.3, -0.25) is 4.90 Å². The van der Waals surface area contributed by atoms with Crippen LogP contribution >= 0.6 is 0 Å². The van der Waals surface area contributed by atoms with E-state index in [4.69, 9.17) is 0 Å². The van der Waals surface area contributed by atoms with Gasteiger partial charge in [0.2, 0.25) is 0 Å². The highest BCUT2D eigenvalue weighted by atomic mass is 19.3. The van der Waals surface area contributed by atoms with E-state index in [-0.39, 0.29) is 18.9 Å². The molecule has 2 rings (SSSR count). The average molecular weight is 284 g/mol. The summed E-state index contributed by atoms with van der Waals surface area (Å²) in [6.45, 7) is 0.443. The maximum absolute atomic E-state index is 12.6. The average Bonchev–Trinajstić information content (AvgIpc) is 2.89. The molecule has 1 aromatic rings. The third kappa shape index (κ3) is 3.06. The SMILES string of the molecule is O=C1OCCN1Cc1cc(OC(F)(F)C(F)F)no1. The molecule has 1 amide bonds. The zero-order valence-electron chi connectivity index (χ0n) is 9.32. The van der Waals surface area contributed by atoms with Crippen molar-refractivity contribution in [1.29, 1.82) is 0 Å². The van der Waals surface area contributed by atoms with Gasteiger partial charge < -0.3 is 14.0 Å². The second kappa shape index (κ2) is 4.94. The molecule has 1 saturated heterocycles. The van der Waals surface area contributed by atoms with Crippen molar-refractivity contribution in [1.82, 2.24) is 10.1 Å². The number of carbonyl (C=O) groups excluding carboxylic acids is 1. The largest absolute Gasteiger partial charge is 0.462 e. The molecular formula is C9H8F4N2O4. The van der Waals surface area contributed by atoms with E-state index in [0.29, 0.717) is 6.54 Å². The van der Waals surface area contributed by atoms with Gasteiger partial charge in [-0.05, 0) is 5.16 Å². The molecule has 0 atom stereocenters. The molecule has 0 N–H and O–H groups in total. The van der Waals surface area contributed by atoms with Crippen LogP contribution < -0.4 is 4.74 Å². The van der Waals surface area contributed by atoms with E-state index < -0.39 is 24.5 Å². The van der Waals surface area contributed by atoms with Crippen molar-refractivity contribution >= 4 is 6.09 Å². The Morgan fingerprint density at radius 2 is 2.26 bits per heavy atom. The minimum atomic E-state index is -4.65. The van der Waals surface area contributed by atoms with Crippen LogP contribution in [-0.4, -0.2) is 41.8 Å². The Morgan fingerprint density at radius 3 is 2.84 bits per heavy atom. The van der Waals surface area contributed by atoms with E-state index >= 15 is 0 Å². The van der Waals surface area contributed by atoms with Gasteiger partial charge >= 0.3 is 18.6 Å². The number of carbonyl (C=O) groups is 1. The fraction of sp³-hybridized carbons (Fsp3) is 0.556. The number of hydrogen-bond acceptors (Lipinski definition) is 5. The van der Waals surface area contributed by atoms with Crippen molar-refractivity contribution in [2.75, 3.05) is 13.2 Å². The Labute approximate surface area is 103 Å². The number of aromatic nitrogens is 1. The van der Waals surface area contributed by atoms with Crippen molar-refractivity contribution in [3.05, 3.63) is 11.8 Å². The van der Waals surface area contributed by atoms with Crippen molar-refractivity contribution in [3.8, 4) is 5.88 Å². The topological polar surface area (TPSA) is 64.8 Å². The first-order chi connectivity index (χ1) is 8.88. The van der Waals surface area contributed by atoms with Gasteiger partial charge in [0.25, 0.3) is 5.88 Å². The van der Waals surface area contributed by atoms with Crippen LogP contribution in [0.25, 0.3) is 0 Å². The fourth-order valence-corrected chi connectivity index (χ4v) is 1.36. The molecule has 6 nitrogen and oxygen atoms in total. The van der Waals surface area contributed by atoms with Gasteiger partial charge in [-0.25, -0.2) is 4.79 Å². The Bertz CT molecular complexity index is 465. The van der Waals surface area contributed by atoms with Crippen LogP contribution in [0.3, 0.4) is 0 Å². The lowest BCUT2D eigenvalue weighted by atomic mass is 10.4. The molecule has 0 unspecified atom stereocenters. The summed E-state index contributed by atoms with van der Waals surface area (Å²) in [7, 11) is 0.